The van der Waals surface area contributed by atoms with E-state index in [0.717, 1.165) is 4.88 Å². The summed E-state index contributed by atoms with van der Waals surface area (Å²) in [5.74, 6) is 0. The molecule has 0 bridgehead atoms. The highest BCUT2D eigenvalue weighted by Gasteiger charge is 2.15. The highest BCUT2D eigenvalue weighted by atomic mass is 32.2. The summed E-state index contributed by atoms with van der Waals surface area (Å²) in [7, 11) is 0. The lowest BCUT2D eigenvalue weighted by Crippen LogP contribution is -2.02. The zero-order valence-corrected chi connectivity index (χ0v) is 13.1. The summed E-state index contributed by atoms with van der Waals surface area (Å²) >= 11 is 2.80. The molecule has 2 aromatic heterocycles. The Labute approximate surface area is 138 Å². The lowest BCUT2D eigenvalue weighted by Gasteiger charge is -2.04. The summed E-state index contributed by atoms with van der Waals surface area (Å²) in [6.45, 7) is 0.530. The van der Waals surface area contributed by atoms with Crippen LogP contribution in [0.1, 0.15) is 10.4 Å². The molecule has 0 atom stereocenters. The van der Waals surface area contributed by atoms with E-state index in [1.807, 2.05) is 23.6 Å². The van der Waals surface area contributed by atoms with Gasteiger partial charge in [0, 0.05) is 21.9 Å². The van der Waals surface area contributed by atoms with Crippen molar-refractivity contribution in [2.24, 2.45) is 0 Å². The molecule has 0 amide bonds. The van der Waals surface area contributed by atoms with E-state index in [0.29, 0.717) is 16.6 Å². The first-order valence-corrected chi connectivity index (χ1v) is 8.02. The van der Waals surface area contributed by atoms with E-state index in [1.165, 1.54) is 30.0 Å². The number of nitro groups is 1. The zero-order chi connectivity index (χ0) is 16.2. The number of hydrogen-bond acceptors (Lipinski definition) is 8. The molecule has 0 saturated carbocycles. The number of thiophene rings is 1. The topological polar surface area (TPSA) is 111 Å². The van der Waals surface area contributed by atoms with Crippen molar-refractivity contribution in [3.8, 4) is 6.07 Å². The van der Waals surface area contributed by atoms with Gasteiger partial charge in [-0.15, -0.1) is 16.4 Å². The average molecular weight is 344 g/mol. The minimum atomic E-state index is -0.532. The smallest absolute Gasteiger partial charge is 0.258 e. The molecule has 0 spiro atoms. The van der Waals surface area contributed by atoms with Crippen LogP contribution in [0.5, 0.6) is 0 Å². The van der Waals surface area contributed by atoms with Gasteiger partial charge in [0.2, 0.25) is 5.16 Å². The van der Waals surface area contributed by atoms with Gasteiger partial charge in [-0.05, 0) is 39.7 Å². The second kappa shape index (κ2) is 6.55. The summed E-state index contributed by atoms with van der Waals surface area (Å²) in [6, 6.07) is 10.0. The van der Waals surface area contributed by atoms with Crippen LogP contribution < -0.4 is 0 Å². The normalized spacial score (nSPS) is 10.4. The molecule has 0 N–H and O–H groups in total. The van der Waals surface area contributed by atoms with E-state index in [1.54, 1.807) is 16.0 Å². The van der Waals surface area contributed by atoms with E-state index in [4.69, 9.17) is 0 Å². The molecule has 8 nitrogen and oxygen atoms in total. The highest BCUT2D eigenvalue weighted by Crippen LogP contribution is 2.31. The highest BCUT2D eigenvalue weighted by molar-refractivity contribution is 7.99. The Balaban J connectivity index is 1.87. The van der Waals surface area contributed by atoms with Crippen LogP contribution in [0, 0.1) is 21.4 Å². The number of nitro benzene ring substituents is 1. The summed E-state index contributed by atoms with van der Waals surface area (Å²) < 4.78 is 1.62. The predicted molar refractivity (Wildman–Crippen MR) is 83.2 cm³/mol. The molecule has 0 saturated heterocycles. The third-order valence-electron chi connectivity index (χ3n) is 2.88. The monoisotopic (exact) mass is 344 g/mol. The molecule has 0 aliphatic rings. The number of aromatic nitrogens is 4. The van der Waals surface area contributed by atoms with Gasteiger partial charge in [-0.25, -0.2) is 4.68 Å². The fourth-order valence-corrected chi connectivity index (χ4v) is 3.34. The Hall–Kier alpha value is -2.77. The van der Waals surface area contributed by atoms with Crippen LogP contribution in [-0.4, -0.2) is 25.1 Å². The lowest BCUT2D eigenvalue weighted by atomic mass is 10.2. The number of rotatable bonds is 5. The fraction of sp³-hybridized carbons (Fsp3) is 0.0769. The summed E-state index contributed by atoms with van der Waals surface area (Å²) in [5.41, 5.74) is 0.0963. The second-order valence-electron chi connectivity index (χ2n) is 4.35. The molecular weight excluding hydrogens is 336 g/mol. The van der Waals surface area contributed by atoms with Gasteiger partial charge in [-0.3, -0.25) is 10.1 Å². The van der Waals surface area contributed by atoms with Crippen LogP contribution in [-0.2, 0) is 6.54 Å². The maximum atomic E-state index is 10.8. The van der Waals surface area contributed by atoms with E-state index >= 15 is 0 Å². The molecule has 10 heteroatoms. The van der Waals surface area contributed by atoms with E-state index < -0.39 is 4.92 Å². The molecule has 23 heavy (non-hydrogen) atoms. The summed E-state index contributed by atoms with van der Waals surface area (Å²) in [5, 5.41) is 34.0. The maximum absolute atomic E-state index is 10.8. The maximum Gasteiger partial charge on any atom is 0.270 e. The molecule has 0 fully saturated rings. The van der Waals surface area contributed by atoms with Crippen LogP contribution in [0.4, 0.5) is 5.69 Å². The quantitative estimate of drug-likeness (QED) is 0.517. The second-order valence-corrected chi connectivity index (χ2v) is 6.39. The third kappa shape index (κ3) is 3.36. The molecule has 3 aromatic rings. The molecule has 0 aliphatic heterocycles. The molecule has 0 aliphatic carbocycles. The van der Waals surface area contributed by atoms with Crippen LogP contribution in [0.2, 0.25) is 0 Å². The average Bonchev–Trinajstić information content (AvgIpc) is 3.20. The van der Waals surface area contributed by atoms with Crippen molar-refractivity contribution in [3.05, 3.63) is 56.3 Å². The minimum Gasteiger partial charge on any atom is -0.258 e. The van der Waals surface area contributed by atoms with Crippen LogP contribution in [0.25, 0.3) is 0 Å². The van der Waals surface area contributed by atoms with Gasteiger partial charge < -0.3 is 0 Å². The number of nitriles is 1. The van der Waals surface area contributed by atoms with Crippen LogP contribution in [0.15, 0.2) is 45.8 Å². The van der Waals surface area contributed by atoms with Gasteiger partial charge in [-0.2, -0.15) is 5.26 Å². The number of hydrogen-bond donors (Lipinski definition) is 0. The van der Waals surface area contributed by atoms with E-state index in [2.05, 4.69) is 15.5 Å². The van der Waals surface area contributed by atoms with Gasteiger partial charge in [-0.1, -0.05) is 6.07 Å². The number of nitrogens with zero attached hydrogens (tertiary/aromatic N) is 6. The molecular formula is C13H8N6O2S2. The SMILES string of the molecule is N#Cc1cc([N+](=O)[O-])ccc1Sc1nnnn1Cc1cccs1. The third-order valence-corrected chi connectivity index (χ3v) is 4.79. The molecule has 0 unspecified atom stereocenters. The lowest BCUT2D eigenvalue weighted by molar-refractivity contribution is -0.384. The summed E-state index contributed by atoms with van der Waals surface area (Å²) in [6.07, 6.45) is 0. The van der Waals surface area contributed by atoms with Crippen molar-refractivity contribution in [2.75, 3.05) is 0 Å². The Bertz CT molecular complexity index is 884. The number of benzene rings is 1. The molecule has 114 valence electrons. The van der Waals surface area contributed by atoms with Crippen molar-refractivity contribution in [2.45, 2.75) is 16.6 Å². The molecule has 0 radical (unpaired) electrons. The first kappa shape index (κ1) is 15.1. The van der Waals surface area contributed by atoms with E-state index in [9.17, 15) is 15.4 Å². The van der Waals surface area contributed by atoms with Gasteiger partial charge in [0.1, 0.15) is 6.07 Å². The van der Waals surface area contributed by atoms with Gasteiger partial charge >= 0.3 is 0 Å². The molecule has 1 aromatic carbocycles. The summed E-state index contributed by atoms with van der Waals surface area (Å²) in [4.78, 5) is 11.9. The Morgan fingerprint density at radius 3 is 3.00 bits per heavy atom. The Morgan fingerprint density at radius 1 is 1.43 bits per heavy atom. The van der Waals surface area contributed by atoms with Crippen molar-refractivity contribution in [3.63, 3.8) is 0 Å². The number of non-ortho nitro benzene ring substituents is 1. The first-order chi connectivity index (χ1) is 11.2. The first-order valence-electron chi connectivity index (χ1n) is 6.32. The van der Waals surface area contributed by atoms with Crippen molar-refractivity contribution in [1.29, 1.82) is 5.26 Å². The van der Waals surface area contributed by atoms with Gasteiger partial charge in [0.25, 0.3) is 5.69 Å². The van der Waals surface area contributed by atoms with Crippen molar-refractivity contribution in [1.82, 2.24) is 20.2 Å². The molecule has 2 heterocycles. The molecule has 3 rings (SSSR count). The van der Waals surface area contributed by atoms with Crippen LogP contribution in [0.3, 0.4) is 0 Å². The minimum absolute atomic E-state index is 0.121. The van der Waals surface area contributed by atoms with Gasteiger partial charge in [0.15, 0.2) is 0 Å². The van der Waals surface area contributed by atoms with Crippen molar-refractivity contribution >= 4 is 28.8 Å². The standard InChI is InChI=1S/C13H8N6O2S2/c14-7-9-6-10(19(20)21)3-4-12(9)23-13-15-16-17-18(13)8-11-2-1-5-22-11/h1-6H,8H2. The number of tetrazole rings is 1. The Morgan fingerprint density at radius 2 is 2.30 bits per heavy atom. The van der Waals surface area contributed by atoms with E-state index in [-0.39, 0.29) is 11.3 Å². The zero-order valence-electron chi connectivity index (χ0n) is 11.5. The van der Waals surface area contributed by atoms with Crippen LogP contribution >= 0.6 is 23.1 Å². The van der Waals surface area contributed by atoms with Gasteiger partial charge in [0.05, 0.1) is 17.0 Å². The van der Waals surface area contributed by atoms with Crippen molar-refractivity contribution < 1.29 is 4.92 Å². The Kier molecular flexibility index (Phi) is 4.31. The fourth-order valence-electron chi connectivity index (χ4n) is 1.83. The largest absolute Gasteiger partial charge is 0.270 e. The predicted octanol–water partition coefficient (Wildman–Crippen LogP) is 2.71.